The van der Waals surface area contributed by atoms with Crippen LogP contribution >= 0.6 is 0 Å². The van der Waals surface area contributed by atoms with Gasteiger partial charge in [0.25, 0.3) is 0 Å². The fraction of sp³-hybridized carbons (Fsp3) is 0.529. The van der Waals surface area contributed by atoms with E-state index in [1.54, 1.807) is 0 Å². The molecule has 2 aliphatic rings. The van der Waals surface area contributed by atoms with E-state index in [2.05, 4.69) is 23.2 Å². The minimum absolute atomic E-state index is 0.712. The molecule has 2 saturated heterocycles. The number of hydrogen-bond acceptors (Lipinski definition) is 4. The summed E-state index contributed by atoms with van der Waals surface area (Å²) in [6.45, 7) is 5.48. The van der Waals surface area contributed by atoms with Gasteiger partial charge in [0, 0.05) is 19.1 Å². The van der Waals surface area contributed by atoms with E-state index in [4.69, 9.17) is 9.97 Å². The predicted octanol–water partition coefficient (Wildman–Crippen LogP) is 2.52. The quantitative estimate of drug-likeness (QED) is 0.872. The molecular formula is C17H22N4. The van der Waals surface area contributed by atoms with Gasteiger partial charge in [-0.1, -0.05) is 12.1 Å². The molecule has 1 aromatic carbocycles. The van der Waals surface area contributed by atoms with Crippen LogP contribution in [0.25, 0.3) is 11.0 Å². The van der Waals surface area contributed by atoms with E-state index in [1.165, 1.54) is 25.8 Å². The first-order chi connectivity index (χ1) is 10.3. The maximum Gasteiger partial charge on any atom is 0.150 e. The number of piperidine rings is 2. The lowest BCUT2D eigenvalue weighted by Crippen LogP contribution is -2.52. The van der Waals surface area contributed by atoms with Crippen LogP contribution < -0.4 is 10.2 Å². The smallest absolute Gasteiger partial charge is 0.150 e. The summed E-state index contributed by atoms with van der Waals surface area (Å²) in [5.74, 6) is 1.85. The molecule has 1 N–H and O–H groups in total. The molecule has 4 nitrogen and oxygen atoms in total. The summed E-state index contributed by atoms with van der Waals surface area (Å²) < 4.78 is 0. The number of rotatable bonds is 1. The molecule has 2 aliphatic heterocycles. The zero-order chi connectivity index (χ0) is 14.2. The maximum atomic E-state index is 4.88. The van der Waals surface area contributed by atoms with E-state index < -0.39 is 0 Å². The van der Waals surface area contributed by atoms with Gasteiger partial charge in [0.05, 0.1) is 16.7 Å². The highest BCUT2D eigenvalue weighted by molar-refractivity contribution is 5.76. The normalized spacial score (nSPS) is 25.9. The van der Waals surface area contributed by atoms with Gasteiger partial charge in [0.15, 0.2) is 5.82 Å². The van der Waals surface area contributed by atoms with Gasteiger partial charge in [-0.15, -0.1) is 0 Å². The van der Waals surface area contributed by atoms with Gasteiger partial charge in [-0.2, -0.15) is 0 Å². The molecule has 2 aromatic rings. The second kappa shape index (κ2) is 5.26. The van der Waals surface area contributed by atoms with Crippen LogP contribution in [0.2, 0.25) is 0 Å². The van der Waals surface area contributed by atoms with Crippen molar-refractivity contribution in [3.8, 4) is 0 Å². The van der Waals surface area contributed by atoms with Gasteiger partial charge in [-0.3, -0.25) is 0 Å². The largest absolute Gasteiger partial charge is 0.355 e. The molecule has 4 heteroatoms. The molecule has 0 saturated carbocycles. The summed E-state index contributed by atoms with van der Waals surface area (Å²) >= 11 is 0. The van der Waals surface area contributed by atoms with Crippen molar-refractivity contribution in [3.05, 3.63) is 30.0 Å². The van der Waals surface area contributed by atoms with E-state index in [-0.39, 0.29) is 0 Å². The lowest BCUT2D eigenvalue weighted by atomic mass is 9.85. The van der Waals surface area contributed by atoms with Crippen LogP contribution in [0.1, 0.15) is 25.0 Å². The van der Waals surface area contributed by atoms with Gasteiger partial charge in [0.1, 0.15) is 0 Å². The average molecular weight is 282 g/mol. The van der Waals surface area contributed by atoms with Crippen LogP contribution in [0.3, 0.4) is 0 Å². The van der Waals surface area contributed by atoms with E-state index in [0.29, 0.717) is 6.04 Å². The van der Waals surface area contributed by atoms with Crippen molar-refractivity contribution in [2.75, 3.05) is 24.5 Å². The third-order valence-electron chi connectivity index (χ3n) is 4.91. The van der Waals surface area contributed by atoms with E-state index >= 15 is 0 Å². The number of aryl methyl sites for hydroxylation is 1. The summed E-state index contributed by atoms with van der Waals surface area (Å²) in [5.41, 5.74) is 3.05. The number of hydrogen-bond donors (Lipinski definition) is 1. The van der Waals surface area contributed by atoms with Crippen molar-refractivity contribution in [2.24, 2.45) is 5.92 Å². The minimum atomic E-state index is 0.712. The van der Waals surface area contributed by atoms with Crippen LogP contribution in [0.5, 0.6) is 0 Å². The molecule has 2 atom stereocenters. The first-order valence-corrected chi connectivity index (χ1v) is 8.03. The van der Waals surface area contributed by atoms with E-state index in [1.807, 2.05) is 18.2 Å². The van der Waals surface area contributed by atoms with Crippen molar-refractivity contribution >= 4 is 16.9 Å². The van der Waals surface area contributed by atoms with Gasteiger partial charge in [0.2, 0.25) is 0 Å². The Morgan fingerprint density at radius 1 is 1.14 bits per heavy atom. The van der Waals surface area contributed by atoms with Crippen molar-refractivity contribution in [2.45, 2.75) is 32.2 Å². The summed E-state index contributed by atoms with van der Waals surface area (Å²) in [4.78, 5) is 12.1. The minimum Gasteiger partial charge on any atom is -0.355 e. The van der Waals surface area contributed by atoms with Gasteiger partial charge in [-0.05, 0) is 50.8 Å². The van der Waals surface area contributed by atoms with Crippen LogP contribution in [0, 0.1) is 12.8 Å². The Bertz CT molecular complexity index is 654. The fourth-order valence-corrected chi connectivity index (χ4v) is 3.82. The highest BCUT2D eigenvalue weighted by Crippen LogP contribution is 2.29. The Hall–Kier alpha value is -1.68. The average Bonchev–Trinajstić information content (AvgIpc) is 2.54. The Morgan fingerprint density at radius 3 is 2.81 bits per heavy atom. The third kappa shape index (κ3) is 2.38. The number of para-hydroxylation sites is 2. The molecule has 0 radical (unpaired) electrons. The second-order valence-corrected chi connectivity index (χ2v) is 6.32. The molecule has 0 bridgehead atoms. The topological polar surface area (TPSA) is 41.1 Å². The monoisotopic (exact) mass is 282 g/mol. The molecule has 0 amide bonds. The second-order valence-electron chi connectivity index (χ2n) is 6.32. The molecular weight excluding hydrogens is 260 g/mol. The van der Waals surface area contributed by atoms with E-state index in [9.17, 15) is 0 Å². The van der Waals surface area contributed by atoms with Crippen molar-refractivity contribution in [3.63, 3.8) is 0 Å². The molecule has 0 aliphatic carbocycles. The number of anilines is 1. The number of aromatic nitrogens is 2. The van der Waals surface area contributed by atoms with Crippen LogP contribution in [0.4, 0.5) is 5.82 Å². The first kappa shape index (κ1) is 13.0. The predicted molar refractivity (Wildman–Crippen MR) is 85.6 cm³/mol. The van der Waals surface area contributed by atoms with Crippen molar-refractivity contribution in [1.82, 2.24) is 15.3 Å². The number of nitrogens with one attached hydrogen (secondary N) is 1. The zero-order valence-corrected chi connectivity index (χ0v) is 12.5. The standard InChI is InChI=1S/C17H22N4/c1-12-17(20-16-7-3-2-6-15(16)19-12)21-10-8-14-13(11-21)5-4-9-18-14/h2-3,6-7,13-14,18H,4-5,8-11H2,1H3. The molecule has 0 spiro atoms. The molecule has 4 rings (SSSR count). The lowest BCUT2D eigenvalue weighted by molar-refractivity contribution is 0.244. The van der Waals surface area contributed by atoms with Crippen LogP contribution in [0.15, 0.2) is 24.3 Å². The van der Waals surface area contributed by atoms with E-state index in [0.717, 1.165) is 41.6 Å². The highest BCUT2D eigenvalue weighted by Gasteiger charge is 2.32. The van der Waals surface area contributed by atoms with Gasteiger partial charge >= 0.3 is 0 Å². The fourth-order valence-electron chi connectivity index (χ4n) is 3.82. The summed E-state index contributed by atoms with van der Waals surface area (Å²) in [5, 5.41) is 3.67. The Kier molecular flexibility index (Phi) is 3.26. The Labute approximate surface area is 125 Å². The Balaban J connectivity index is 1.65. The van der Waals surface area contributed by atoms with Crippen molar-refractivity contribution in [1.29, 1.82) is 0 Å². The molecule has 21 heavy (non-hydrogen) atoms. The summed E-state index contributed by atoms with van der Waals surface area (Å²) in [6, 6.07) is 8.86. The number of nitrogens with zero attached hydrogens (tertiary/aromatic N) is 3. The van der Waals surface area contributed by atoms with Gasteiger partial charge in [-0.25, -0.2) is 9.97 Å². The third-order valence-corrected chi connectivity index (χ3v) is 4.91. The molecule has 2 unspecified atom stereocenters. The summed E-state index contributed by atoms with van der Waals surface area (Å²) in [6.07, 6.45) is 3.87. The molecule has 2 fully saturated rings. The van der Waals surface area contributed by atoms with Gasteiger partial charge < -0.3 is 10.2 Å². The highest BCUT2D eigenvalue weighted by atomic mass is 15.2. The Morgan fingerprint density at radius 2 is 1.95 bits per heavy atom. The molecule has 110 valence electrons. The number of fused-ring (bicyclic) bond motifs is 2. The summed E-state index contributed by atoms with van der Waals surface area (Å²) in [7, 11) is 0. The first-order valence-electron chi connectivity index (χ1n) is 8.03. The number of benzene rings is 1. The van der Waals surface area contributed by atoms with Crippen LogP contribution in [-0.4, -0.2) is 35.6 Å². The zero-order valence-electron chi connectivity index (χ0n) is 12.5. The molecule has 3 heterocycles. The van der Waals surface area contributed by atoms with Crippen LogP contribution in [-0.2, 0) is 0 Å². The molecule has 1 aromatic heterocycles. The maximum absolute atomic E-state index is 4.88. The van der Waals surface area contributed by atoms with Crippen molar-refractivity contribution < 1.29 is 0 Å². The lowest BCUT2D eigenvalue weighted by Gasteiger charge is -2.42. The SMILES string of the molecule is Cc1nc2ccccc2nc1N1CCC2NCCCC2C1.